The molecule has 1 saturated heterocycles. The molecule has 5 nitrogen and oxygen atoms in total. The number of hydrogen-bond acceptors (Lipinski definition) is 4. The fourth-order valence-electron chi connectivity index (χ4n) is 3.71. The number of pyridine rings is 1. The third-order valence-corrected chi connectivity index (χ3v) is 5.21. The number of carbonyl (C=O) groups excluding carboxylic acids is 1. The van der Waals surface area contributed by atoms with Gasteiger partial charge in [0.1, 0.15) is 5.82 Å². The number of fused-ring (bicyclic) bond motifs is 1. The second-order valence-electron chi connectivity index (χ2n) is 6.92. The van der Waals surface area contributed by atoms with E-state index in [-0.39, 0.29) is 11.9 Å². The first-order chi connectivity index (χ1) is 12.2. The van der Waals surface area contributed by atoms with Crippen molar-refractivity contribution in [1.29, 1.82) is 0 Å². The SMILES string of the molecule is Cc1ccc(N2CCN(CCC3NC(=O)c4ccccc43)CC2)nc1. The Hall–Kier alpha value is -2.40. The number of nitrogens with one attached hydrogen (secondary N) is 1. The van der Waals surface area contributed by atoms with E-state index < -0.39 is 0 Å². The number of benzene rings is 1. The van der Waals surface area contributed by atoms with Crippen LogP contribution in [0.3, 0.4) is 0 Å². The lowest BCUT2D eigenvalue weighted by Gasteiger charge is -2.35. The van der Waals surface area contributed by atoms with E-state index in [4.69, 9.17) is 0 Å². The van der Waals surface area contributed by atoms with Crippen LogP contribution in [0.25, 0.3) is 0 Å². The third kappa shape index (κ3) is 3.37. The molecule has 2 aliphatic rings. The number of carbonyl (C=O) groups is 1. The van der Waals surface area contributed by atoms with Gasteiger partial charge in [-0.1, -0.05) is 24.3 Å². The van der Waals surface area contributed by atoms with Crippen molar-refractivity contribution in [3.8, 4) is 0 Å². The van der Waals surface area contributed by atoms with Crippen molar-refractivity contribution < 1.29 is 4.79 Å². The lowest BCUT2D eigenvalue weighted by atomic mass is 10.0. The molecule has 25 heavy (non-hydrogen) atoms. The lowest BCUT2D eigenvalue weighted by molar-refractivity contribution is 0.0952. The largest absolute Gasteiger partial charge is 0.354 e. The Kier molecular flexibility index (Phi) is 4.40. The molecule has 1 fully saturated rings. The lowest BCUT2D eigenvalue weighted by Crippen LogP contribution is -2.47. The maximum Gasteiger partial charge on any atom is 0.252 e. The predicted octanol–water partition coefficient (Wildman–Crippen LogP) is 2.39. The van der Waals surface area contributed by atoms with E-state index in [1.165, 1.54) is 5.56 Å². The van der Waals surface area contributed by atoms with Crippen LogP contribution in [0.15, 0.2) is 42.6 Å². The van der Waals surface area contributed by atoms with Gasteiger partial charge in [-0.05, 0) is 36.6 Å². The molecule has 1 aromatic carbocycles. The summed E-state index contributed by atoms with van der Waals surface area (Å²) in [6.07, 6.45) is 2.90. The van der Waals surface area contributed by atoms with Gasteiger partial charge in [0.05, 0.1) is 6.04 Å². The zero-order chi connectivity index (χ0) is 17.2. The van der Waals surface area contributed by atoms with E-state index in [1.54, 1.807) is 0 Å². The summed E-state index contributed by atoms with van der Waals surface area (Å²) in [7, 11) is 0. The topological polar surface area (TPSA) is 48.5 Å². The van der Waals surface area contributed by atoms with Gasteiger partial charge in [0.25, 0.3) is 5.91 Å². The molecule has 0 spiro atoms. The summed E-state index contributed by atoms with van der Waals surface area (Å²) in [5, 5.41) is 3.11. The van der Waals surface area contributed by atoms with Gasteiger partial charge < -0.3 is 10.2 Å². The molecule has 130 valence electrons. The molecule has 1 unspecified atom stereocenters. The van der Waals surface area contributed by atoms with Crippen molar-refractivity contribution in [1.82, 2.24) is 15.2 Å². The molecule has 0 bridgehead atoms. The average Bonchev–Trinajstić information content (AvgIpc) is 2.98. The van der Waals surface area contributed by atoms with E-state index in [0.717, 1.165) is 56.1 Å². The molecule has 4 rings (SSSR count). The summed E-state index contributed by atoms with van der Waals surface area (Å²) >= 11 is 0. The molecule has 5 heteroatoms. The number of hydrogen-bond donors (Lipinski definition) is 1. The van der Waals surface area contributed by atoms with Crippen molar-refractivity contribution in [2.45, 2.75) is 19.4 Å². The first kappa shape index (κ1) is 16.1. The van der Waals surface area contributed by atoms with Gasteiger partial charge >= 0.3 is 0 Å². The highest BCUT2D eigenvalue weighted by atomic mass is 16.2. The second kappa shape index (κ2) is 6.84. The predicted molar refractivity (Wildman–Crippen MR) is 98.9 cm³/mol. The van der Waals surface area contributed by atoms with Crippen molar-refractivity contribution in [2.75, 3.05) is 37.6 Å². The molecular weight excluding hydrogens is 312 g/mol. The quantitative estimate of drug-likeness (QED) is 0.931. The van der Waals surface area contributed by atoms with E-state index >= 15 is 0 Å². The molecule has 0 aliphatic carbocycles. The summed E-state index contributed by atoms with van der Waals surface area (Å²) < 4.78 is 0. The number of aromatic nitrogens is 1. The normalized spacial score (nSPS) is 20.4. The van der Waals surface area contributed by atoms with Gasteiger partial charge in [0.15, 0.2) is 0 Å². The van der Waals surface area contributed by atoms with Crippen LogP contribution >= 0.6 is 0 Å². The Balaban J connectivity index is 1.30. The Morgan fingerprint density at radius 2 is 1.92 bits per heavy atom. The molecule has 0 radical (unpaired) electrons. The van der Waals surface area contributed by atoms with Gasteiger partial charge in [0, 0.05) is 44.5 Å². The summed E-state index contributed by atoms with van der Waals surface area (Å²) in [4.78, 5) is 21.4. The van der Waals surface area contributed by atoms with Crippen molar-refractivity contribution in [3.63, 3.8) is 0 Å². The van der Waals surface area contributed by atoms with Crippen LogP contribution in [0, 0.1) is 6.92 Å². The number of rotatable bonds is 4. The minimum absolute atomic E-state index is 0.0656. The highest BCUT2D eigenvalue weighted by molar-refractivity contribution is 5.99. The number of piperazine rings is 1. The molecule has 1 amide bonds. The number of anilines is 1. The minimum Gasteiger partial charge on any atom is -0.354 e. The summed E-state index contributed by atoms with van der Waals surface area (Å²) in [6.45, 7) is 7.16. The fourth-order valence-corrected chi connectivity index (χ4v) is 3.71. The first-order valence-corrected chi connectivity index (χ1v) is 9.00. The molecule has 3 heterocycles. The first-order valence-electron chi connectivity index (χ1n) is 9.00. The maximum absolute atomic E-state index is 12.0. The molecule has 2 aromatic rings. The Bertz CT molecular complexity index is 751. The van der Waals surface area contributed by atoms with Gasteiger partial charge in [0.2, 0.25) is 0 Å². The van der Waals surface area contributed by atoms with Crippen LogP contribution < -0.4 is 10.2 Å². The Labute approximate surface area is 148 Å². The number of aryl methyl sites for hydroxylation is 1. The molecule has 1 aromatic heterocycles. The van der Waals surface area contributed by atoms with Crippen LogP contribution in [-0.2, 0) is 0 Å². The summed E-state index contributed by atoms with van der Waals surface area (Å²) in [5.41, 5.74) is 3.18. The van der Waals surface area contributed by atoms with Crippen LogP contribution in [0.5, 0.6) is 0 Å². The molecule has 0 saturated carbocycles. The van der Waals surface area contributed by atoms with Gasteiger partial charge in [-0.2, -0.15) is 0 Å². The molecular formula is C20H24N4O. The van der Waals surface area contributed by atoms with E-state index in [0.29, 0.717) is 0 Å². The van der Waals surface area contributed by atoms with Gasteiger partial charge in [-0.3, -0.25) is 9.69 Å². The van der Waals surface area contributed by atoms with E-state index in [9.17, 15) is 4.79 Å². The average molecular weight is 336 g/mol. The number of nitrogens with zero attached hydrogens (tertiary/aromatic N) is 3. The maximum atomic E-state index is 12.0. The second-order valence-corrected chi connectivity index (χ2v) is 6.92. The van der Waals surface area contributed by atoms with E-state index in [2.05, 4.69) is 45.2 Å². The van der Waals surface area contributed by atoms with Gasteiger partial charge in [-0.15, -0.1) is 0 Å². The highest BCUT2D eigenvalue weighted by Crippen LogP contribution is 2.27. The Morgan fingerprint density at radius 3 is 2.68 bits per heavy atom. The highest BCUT2D eigenvalue weighted by Gasteiger charge is 2.28. The standard InChI is InChI=1S/C20H24N4O/c1-15-6-7-19(21-14-15)24-12-10-23(11-13-24)9-8-18-16-4-2-3-5-17(16)20(25)22-18/h2-7,14,18H,8-13H2,1H3,(H,22,25). The summed E-state index contributed by atoms with van der Waals surface area (Å²) in [5.74, 6) is 1.14. The Morgan fingerprint density at radius 1 is 1.12 bits per heavy atom. The zero-order valence-corrected chi connectivity index (χ0v) is 14.6. The van der Waals surface area contributed by atoms with Crippen LogP contribution in [-0.4, -0.2) is 48.5 Å². The van der Waals surface area contributed by atoms with Crippen LogP contribution in [0.1, 0.15) is 33.9 Å². The van der Waals surface area contributed by atoms with Crippen molar-refractivity contribution in [2.24, 2.45) is 0 Å². The monoisotopic (exact) mass is 336 g/mol. The smallest absolute Gasteiger partial charge is 0.252 e. The fraction of sp³-hybridized carbons (Fsp3) is 0.400. The third-order valence-electron chi connectivity index (χ3n) is 5.21. The zero-order valence-electron chi connectivity index (χ0n) is 14.6. The molecule has 2 aliphatic heterocycles. The molecule has 1 atom stereocenters. The van der Waals surface area contributed by atoms with E-state index in [1.807, 2.05) is 24.4 Å². The van der Waals surface area contributed by atoms with Gasteiger partial charge in [-0.25, -0.2) is 4.98 Å². The van der Waals surface area contributed by atoms with Crippen LogP contribution in [0.2, 0.25) is 0 Å². The molecule has 1 N–H and O–H groups in total. The van der Waals surface area contributed by atoms with Crippen molar-refractivity contribution in [3.05, 3.63) is 59.3 Å². The van der Waals surface area contributed by atoms with Crippen LogP contribution in [0.4, 0.5) is 5.82 Å². The van der Waals surface area contributed by atoms with Crippen molar-refractivity contribution >= 4 is 11.7 Å². The minimum atomic E-state index is 0.0656. The summed E-state index contributed by atoms with van der Waals surface area (Å²) in [6, 6.07) is 12.3. The number of amides is 1.